The number of likely N-dealkylation sites (tertiary alicyclic amines) is 1. The normalized spacial score (nSPS) is 14.6. The second-order valence-corrected chi connectivity index (χ2v) is 6.75. The van der Waals surface area contributed by atoms with Crippen molar-refractivity contribution in [1.29, 1.82) is 0 Å². The molecule has 2 amide bonds. The van der Waals surface area contributed by atoms with E-state index in [-0.39, 0.29) is 11.8 Å². The van der Waals surface area contributed by atoms with E-state index in [2.05, 4.69) is 10.3 Å². The van der Waals surface area contributed by atoms with Gasteiger partial charge in [0.2, 0.25) is 5.91 Å². The van der Waals surface area contributed by atoms with Gasteiger partial charge in [-0.05, 0) is 38.3 Å². The highest BCUT2D eigenvalue weighted by Crippen LogP contribution is 2.38. The lowest BCUT2D eigenvalue weighted by Crippen LogP contribution is -2.27. The number of carbonyl (C=O) groups is 2. The topological polar surface area (TPSA) is 62.3 Å². The molecule has 0 unspecified atom stereocenters. The predicted molar refractivity (Wildman–Crippen MR) is 88.5 cm³/mol. The molecule has 0 radical (unpaired) electrons. The lowest BCUT2D eigenvalue weighted by atomic mass is 10.1. The molecule has 22 heavy (non-hydrogen) atoms. The largest absolute Gasteiger partial charge is 0.338 e. The summed E-state index contributed by atoms with van der Waals surface area (Å²) in [6, 6.07) is 1.98. The molecule has 116 valence electrons. The van der Waals surface area contributed by atoms with E-state index in [4.69, 9.17) is 0 Å². The Balaban J connectivity index is 2.17. The fourth-order valence-corrected chi connectivity index (χ4v) is 4.17. The van der Waals surface area contributed by atoms with Crippen molar-refractivity contribution in [2.75, 3.05) is 18.4 Å². The molecule has 1 N–H and O–H groups in total. The predicted octanol–water partition coefficient (Wildman–Crippen LogP) is 3.11. The number of hydrogen-bond acceptors (Lipinski definition) is 4. The van der Waals surface area contributed by atoms with Crippen LogP contribution in [0.15, 0.2) is 6.07 Å². The average Bonchev–Trinajstić information content (AvgIpc) is 3.05. The minimum Gasteiger partial charge on any atom is -0.338 e. The number of anilines is 1. The Hall–Kier alpha value is -1.95. The standard InChI is InChI=1S/C16H19N3O2S/c1-9-8-10(2)17-15-12(9)13(18-11(3)20)14(22-15)16(21)19-6-4-5-7-19/h8H,4-7H2,1-3H3,(H,18,20). The molecule has 1 saturated heterocycles. The fraction of sp³-hybridized carbons (Fsp3) is 0.438. The van der Waals surface area contributed by atoms with Gasteiger partial charge < -0.3 is 10.2 Å². The molecule has 0 saturated carbocycles. The number of hydrogen-bond donors (Lipinski definition) is 1. The van der Waals surface area contributed by atoms with Crippen LogP contribution in [0.25, 0.3) is 10.2 Å². The first-order valence-electron chi connectivity index (χ1n) is 7.45. The van der Waals surface area contributed by atoms with Crippen molar-refractivity contribution in [3.8, 4) is 0 Å². The van der Waals surface area contributed by atoms with Gasteiger partial charge in [-0.15, -0.1) is 11.3 Å². The Morgan fingerprint density at radius 2 is 1.95 bits per heavy atom. The van der Waals surface area contributed by atoms with Gasteiger partial charge in [-0.1, -0.05) is 0 Å². The summed E-state index contributed by atoms with van der Waals surface area (Å²) in [6.45, 7) is 6.96. The van der Waals surface area contributed by atoms with Gasteiger partial charge in [0.25, 0.3) is 5.91 Å². The van der Waals surface area contributed by atoms with Crippen LogP contribution in [-0.4, -0.2) is 34.8 Å². The molecule has 1 aliphatic heterocycles. The Morgan fingerprint density at radius 3 is 2.59 bits per heavy atom. The quantitative estimate of drug-likeness (QED) is 0.925. The molecule has 6 heteroatoms. The summed E-state index contributed by atoms with van der Waals surface area (Å²) in [5.41, 5.74) is 2.57. The van der Waals surface area contributed by atoms with Crippen LogP contribution in [0.3, 0.4) is 0 Å². The highest BCUT2D eigenvalue weighted by Gasteiger charge is 2.27. The zero-order valence-corrected chi connectivity index (χ0v) is 13.8. The summed E-state index contributed by atoms with van der Waals surface area (Å²) in [5.74, 6) is -0.170. The molecule has 2 aromatic heterocycles. The van der Waals surface area contributed by atoms with E-state index in [1.54, 1.807) is 0 Å². The molecule has 0 aliphatic carbocycles. The third kappa shape index (κ3) is 2.59. The van der Waals surface area contributed by atoms with Gasteiger partial charge in [-0.25, -0.2) is 4.98 Å². The molecule has 0 bridgehead atoms. The molecular formula is C16H19N3O2S. The Kier molecular flexibility index (Phi) is 3.87. The molecule has 1 aliphatic rings. The zero-order valence-electron chi connectivity index (χ0n) is 13.0. The van der Waals surface area contributed by atoms with Gasteiger partial charge in [0.1, 0.15) is 9.71 Å². The van der Waals surface area contributed by atoms with Gasteiger partial charge in [0, 0.05) is 31.1 Å². The van der Waals surface area contributed by atoms with Gasteiger partial charge in [-0.2, -0.15) is 0 Å². The number of nitrogens with one attached hydrogen (secondary N) is 1. The van der Waals surface area contributed by atoms with Crippen LogP contribution in [0.1, 0.15) is 40.7 Å². The summed E-state index contributed by atoms with van der Waals surface area (Å²) < 4.78 is 0. The van der Waals surface area contributed by atoms with E-state index >= 15 is 0 Å². The smallest absolute Gasteiger partial charge is 0.266 e. The summed E-state index contributed by atoms with van der Waals surface area (Å²) in [5, 5.41) is 3.73. The highest BCUT2D eigenvalue weighted by molar-refractivity contribution is 7.21. The molecular weight excluding hydrogens is 298 g/mol. The number of pyridine rings is 1. The van der Waals surface area contributed by atoms with Crippen molar-refractivity contribution in [3.63, 3.8) is 0 Å². The minimum absolute atomic E-state index is 0.00121. The van der Waals surface area contributed by atoms with Crippen molar-refractivity contribution in [1.82, 2.24) is 9.88 Å². The summed E-state index contributed by atoms with van der Waals surface area (Å²) in [7, 11) is 0. The third-order valence-corrected chi connectivity index (χ3v) is 4.95. The van der Waals surface area contributed by atoms with Gasteiger partial charge in [-0.3, -0.25) is 9.59 Å². The highest BCUT2D eigenvalue weighted by atomic mass is 32.1. The number of nitrogens with zero attached hydrogens (tertiary/aromatic N) is 2. The van der Waals surface area contributed by atoms with Crippen molar-refractivity contribution >= 4 is 39.1 Å². The van der Waals surface area contributed by atoms with Crippen LogP contribution < -0.4 is 5.32 Å². The number of aryl methyl sites for hydroxylation is 2. The van der Waals surface area contributed by atoms with Crippen molar-refractivity contribution in [2.24, 2.45) is 0 Å². The molecule has 0 spiro atoms. The maximum atomic E-state index is 12.8. The number of thiophene rings is 1. The fourth-order valence-electron chi connectivity index (χ4n) is 2.95. The maximum Gasteiger partial charge on any atom is 0.266 e. The summed E-state index contributed by atoms with van der Waals surface area (Å²) in [4.78, 5) is 32.1. The molecule has 5 nitrogen and oxygen atoms in total. The van der Waals surface area contributed by atoms with Crippen molar-refractivity contribution in [2.45, 2.75) is 33.6 Å². The number of rotatable bonds is 2. The Labute approximate surface area is 133 Å². The average molecular weight is 317 g/mol. The van der Waals surface area contributed by atoms with Gasteiger partial charge in [0.05, 0.1) is 5.69 Å². The molecule has 2 aromatic rings. The summed E-state index contributed by atoms with van der Waals surface area (Å²) >= 11 is 1.37. The van der Waals surface area contributed by atoms with E-state index in [0.29, 0.717) is 10.6 Å². The first-order chi connectivity index (χ1) is 10.5. The van der Waals surface area contributed by atoms with Crippen LogP contribution in [0.2, 0.25) is 0 Å². The SMILES string of the molecule is CC(=O)Nc1c(C(=O)N2CCCC2)sc2nc(C)cc(C)c12. The first-order valence-corrected chi connectivity index (χ1v) is 8.26. The van der Waals surface area contributed by atoms with Crippen molar-refractivity contribution in [3.05, 3.63) is 22.2 Å². The number of carbonyl (C=O) groups excluding carboxylic acids is 2. The second kappa shape index (κ2) is 5.68. The van der Waals surface area contributed by atoms with Crippen LogP contribution in [0, 0.1) is 13.8 Å². The monoisotopic (exact) mass is 317 g/mol. The third-order valence-electron chi connectivity index (χ3n) is 3.88. The second-order valence-electron chi connectivity index (χ2n) is 5.75. The van der Waals surface area contributed by atoms with E-state index in [1.165, 1.54) is 18.3 Å². The maximum absolute atomic E-state index is 12.8. The van der Waals surface area contributed by atoms with Crippen molar-refractivity contribution < 1.29 is 9.59 Å². The molecule has 1 fully saturated rings. The lowest BCUT2D eigenvalue weighted by molar-refractivity contribution is -0.114. The zero-order chi connectivity index (χ0) is 15.9. The van der Waals surface area contributed by atoms with E-state index < -0.39 is 0 Å². The minimum atomic E-state index is -0.171. The van der Waals surface area contributed by atoms with E-state index in [1.807, 2.05) is 24.8 Å². The Bertz CT molecular complexity index is 760. The van der Waals surface area contributed by atoms with Crippen LogP contribution >= 0.6 is 11.3 Å². The molecule has 3 heterocycles. The van der Waals surface area contributed by atoms with Gasteiger partial charge >= 0.3 is 0 Å². The lowest BCUT2D eigenvalue weighted by Gasteiger charge is -2.15. The number of fused-ring (bicyclic) bond motifs is 1. The van der Waals surface area contributed by atoms with E-state index in [0.717, 1.165) is 47.4 Å². The number of aromatic nitrogens is 1. The molecule has 0 atom stereocenters. The van der Waals surface area contributed by atoms with E-state index in [9.17, 15) is 9.59 Å². The van der Waals surface area contributed by atoms with Crippen LogP contribution in [0.4, 0.5) is 5.69 Å². The summed E-state index contributed by atoms with van der Waals surface area (Å²) in [6.07, 6.45) is 2.09. The Morgan fingerprint density at radius 1 is 1.27 bits per heavy atom. The first kappa shape index (κ1) is 15.0. The number of amides is 2. The van der Waals surface area contributed by atoms with Gasteiger partial charge in [0.15, 0.2) is 0 Å². The van der Waals surface area contributed by atoms with Crippen LogP contribution in [-0.2, 0) is 4.79 Å². The van der Waals surface area contributed by atoms with Crippen LogP contribution in [0.5, 0.6) is 0 Å². The molecule has 3 rings (SSSR count). The molecule has 0 aromatic carbocycles.